The number of ether oxygens (including phenoxy) is 2. The Kier molecular flexibility index (Phi) is 6.26. The second-order valence-corrected chi connectivity index (χ2v) is 15.2. The molecule has 0 spiro atoms. The number of rotatable bonds is 5. The lowest BCUT2D eigenvalue weighted by Gasteiger charge is -2.68. The minimum absolute atomic E-state index is 0.0341. The summed E-state index contributed by atoms with van der Waals surface area (Å²) in [6.45, 7) is 18.6. The third-order valence-corrected chi connectivity index (χ3v) is 12.3. The van der Waals surface area contributed by atoms with Crippen LogP contribution in [-0.2, 0) is 23.9 Å². The molecule has 3 saturated carbocycles. The van der Waals surface area contributed by atoms with Crippen molar-refractivity contribution in [2.45, 2.75) is 131 Å². The van der Waals surface area contributed by atoms with Crippen LogP contribution in [-0.4, -0.2) is 46.6 Å². The number of fused-ring (bicyclic) bond motifs is 5. The first-order valence-corrected chi connectivity index (χ1v) is 14.7. The third-order valence-electron chi connectivity index (χ3n) is 12.3. The zero-order valence-corrected chi connectivity index (χ0v) is 24.9. The first-order valence-electron chi connectivity index (χ1n) is 14.7. The van der Waals surface area contributed by atoms with E-state index in [9.17, 15) is 19.5 Å². The van der Waals surface area contributed by atoms with Gasteiger partial charge in [-0.1, -0.05) is 47.1 Å². The number of aliphatic hydroxyl groups is 1. The van der Waals surface area contributed by atoms with Gasteiger partial charge >= 0.3 is 5.97 Å². The molecule has 0 bridgehead atoms. The summed E-state index contributed by atoms with van der Waals surface area (Å²) in [6.07, 6.45) is 3.59. The first-order chi connectivity index (χ1) is 17.4. The topological polar surface area (TPSA) is 93.2 Å². The lowest BCUT2D eigenvalue weighted by Crippen LogP contribution is -2.65. The molecule has 0 unspecified atom stereocenters. The van der Waals surface area contributed by atoms with Gasteiger partial charge in [0, 0.05) is 30.6 Å². The Morgan fingerprint density at radius 2 is 1.74 bits per heavy atom. The van der Waals surface area contributed by atoms with Crippen LogP contribution in [0.15, 0.2) is 11.1 Å². The molecule has 9 atom stereocenters. The molecule has 1 heterocycles. The normalized spacial score (nSPS) is 44.6. The lowest BCUT2D eigenvalue weighted by atomic mass is 9.36. The zero-order chi connectivity index (χ0) is 28.2. The van der Waals surface area contributed by atoms with Crippen LogP contribution < -0.4 is 0 Å². The highest BCUT2D eigenvalue weighted by molar-refractivity contribution is 6.00. The molecule has 0 aromatic heterocycles. The van der Waals surface area contributed by atoms with E-state index < -0.39 is 12.2 Å². The molecule has 5 aliphatic rings. The number of epoxide rings is 1. The predicted octanol–water partition coefficient (Wildman–Crippen LogP) is 5.59. The largest absolute Gasteiger partial charge is 0.460 e. The van der Waals surface area contributed by atoms with Crippen molar-refractivity contribution in [1.29, 1.82) is 0 Å². The Morgan fingerprint density at radius 3 is 2.32 bits per heavy atom. The van der Waals surface area contributed by atoms with Crippen LogP contribution in [0.5, 0.6) is 0 Å². The highest BCUT2D eigenvalue weighted by Crippen LogP contribution is 2.73. The van der Waals surface area contributed by atoms with Crippen molar-refractivity contribution in [3.05, 3.63) is 11.1 Å². The van der Waals surface area contributed by atoms with Gasteiger partial charge < -0.3 is 14.6 Å². The van der Waals surface area contributed by atoms with Crippen molar-refractivity contribution >= 4 is 17.5 Å². The van der Waals surface area contributed by atoms with Crippen molar-refractivity contribution in [1.82, 2.24) is 0 Å². The van der Waals surface area contributed by atoms with Gasteiger partial charge in [0.2, 0.25) is 0 Å². The molecule has 212 valence electrons. The van der Waals surface area contributed by atoms with Gasteiger partial charge in [-0.25, -0.2) is 0 Å². The van der Waals surface area contributed by atoms with E-state index in [4.69, 9.17) is 9.47 Å². The van der Waals surface area contributed by atoms with Gasteiger partial charge in [0.1, 0.15) is 18.0 Å². The lowest BCUT2D eigenvalue weighted by molar-refractivity contribution is -0.208. The Morgan fingerprint density at radius 1 is 1.11 bits per heavy atom. The van der Waals surface area contributed by atoms with Gasteiger partial charge in [0.15, 0.2) is 5.78 Å². The SMILES string of the molecule is CC(=O)O[C@@H](C[C@@H](C)C1=C2C[C@H](O)[C@@H]3[C@@]4(C)CCC(=O)C(C)(C)[C@@H]4CC[C@]3(C)[C@@]2(C)CC1=O)[C@H]1OC1(C)C. The van der Waals surface area contributed by atoms with Crippen LogP contribution in [0, 0.1) is 39.4 Å². The number of ketones is 2. The molecule has 1 aliphatic heterocycles. The van der Waals surface area contributed by atoms with E-state index in [2.05, 4.69) is 41.5 Å². The van der Waals surface area contributed by atoms with E-state index in [0.29, 0.717) is 31.5 Å². The maximum atomic E-state index is 13.8. The summed E-state index contributed by atoms with van der Waals surface area (Å²) in [5.41, 5.74) is 0.516. The Hall–Kier alpha value is -1.53. The smallest absolute Gasteiger partial charge is 0.302 e. The number of esters is 1. The van der Waals surface area contributed by atoms with Crippen LogP contribution >= 0.6 is 0 Å². The second kappa shape index (κ2) is 8.49. The number of hydrogen-bond acceptors (Lipinski definition) is 6. The van der Waals surface area contributed by atoms with Crippen LogP contribution in [0.4, 0.5) is 0 Å². The van der Waals surface area contributed by atoms with Crippen molar-refractivity contribution in [3.8, 4) is 0 Å². The summed E-state index contributed by atoms with van der Waals surface area (Å²) in [6, 6.07) is 0. The third kappa shape index (κ3) is 3.75. The Balaban J connectivity index is 1.50. The summed E-state index contributed by atoms with van der Waals surface area (Å²) in [7, 11) is 0. The van der Waals surface area contributed by atoms with E-state index in [1.54, 1.807) is 0 Å². The van der Waals surface area contributed by atoms with Crippen molar-refractivity contribution in [2.24, 2.45) is 39.4 Å². The summed E-state index contributed by atoms with van der Waals surface area (Å²) in [5, 5.41) is 11.9. The molecule has 5 rings (SSSR count). The minimum Gasteiger partial charge on any atom is -0.460 e. The van der Waals surface area contributed by atoms with E-state index in [-0.39, 0.29) is 62.9 Å². The number of aliphatic hydroxyl groups excluding tert-OH is 1. The van der Waals surface area contributed by atoms with Crippen molar-refractivity contribution in [3.63, 3.8) is 0 Å². The quantitative estimate of drug-likeness (QED) is 0.369. The van der Waals surface area contributed by atoms with Gasteiger partial charge in [-0.15, -0.1) is 0 Å². The molecule has 0 amide bonds. The fraction of sp³-hybridized carbons (Fsp3) is 0.844. The van der Waals surface area contributed by atoms with Gasteiger partial charge in [0.25, 0.3) is 0 Å². The predicted molar refractivity (Wildman–Crippen MR) is 144 cm³/mol. The summed E-state index contributed by atoms with van der Waals surface area (Å²) in [4.78, 5) is 38.6. The molecule has 0 aromatic rings. The first kappa shape index (κ1) is 28.0. The molecule has 4 fully saturated rings. The molecule has 4 aliphatic carbocycles. The number of Topliss-reactive ketones (excluding diaryl/α,β-unsaturated/α-hetero) is 2. The van der Waals surface area contributed by atoms with Crippen molar-refractivity contribution < 1.29 is 29.0 Å². The van der Waals surface area contributed by atoms with Crippen LogP contribution in [0.1, 0.15) is 107 Å². The number of hydrogen-bond donors (Lipinski definition) is 1. The highest BCUT2D eigenvalue weighted by Gasteiger charge is 2.70. The molecule has 6 nitrogen and oxygen atoms in total. The number of carbonyl (C=O) groups is 3. The molecule has 1 saturated heterocycles. The molecular weight excluding hydrogens is 480 g/mol. The Labute approximate surface area is 228 Å². The van der Waals surface area contributed by atoms with Gasteiger partial charge in [-0.3, -0.25) is 14.4 Å². The molecule has 1 N–H and O–H groups in total. The van der Waals surface area contributed by atoms with E-state index in [1.807, 2.05) is 13.8 Å². The monoisotopic (exact) mass is 528 g/mol. The van der Waals surface area contributed by atoms with E-state index in [0.717, 1.165) is 30.4 Å². The number of allylic oxidation sites excluding steroid dienone is 1. The molecule has 6 heteroatoms. The van der Waals surface area contributed by atoms with Crippen LogP contribution in [0.3, 0.4) is 0 Å². The van der Waals surface area contributed by atoms with E-state index >= 15 is 0 Å². The fourth-order valence-corrected chi connectivity index (χ4v) is 10.3. The summed E-state index contributed by atoms with van der Waals surface area (Å²) in [5.74, 6) is 0.350. The average molecular weight is 529 g/mol. The zero-order valence-electron chi connectivity index (χ0n) is 24.9. The van der Waals surface area contributed by atoms with Crippen LogP contribution in [0.2, 0.25) is 0 Å². The van der Waals surface area contributed by atoms with Gasteiger partial charge in [-0.2, -0.15) is 0 Å². The van der Waals surface area contributed by atoms with E-state index in [1.165, 1.54) is 6.92 Å². The minimum atomic E-state index is -0.553. The highest BCUT2D eigenvalue weighted by atomic mass is 16.6. The average Bonchev–Trinajstić information content (AvgIpc) is 3.32. The van der Waals surface area contributed by atoms with Gasteiger partial charge in [0.05, 0.1) is 11.7 Å². The molecule has 0 radical (unpaired) electrons. The van der Waals surface area contributed by atoms with Crippen LogP contribution in [0.25, 0.3) is 0 Å². The Bertz CT molecular complexity index is 1100. The van der Waals surface area contributed by atoms with Crippen molar-refractivity contribution in [2.75, 3.05) is 0 Å². The molecule has 38 heavy (non-hydrogen) atoms. The maximum absolute atomic E-state index is 13.8. The number of carbonyl (C=O) groups excluding carboxylic acids is 3. The summed E-state index contributed by atoms with van der Waals surface area (Å²) >= 11 is 0. The standard InChI is InChI=1S/C32H48O6/c1-17(14-22(37-18(2)33)27-29(5,6)38-27)25-19-15-20(34)26-30(7)12-11-24(36)28(3,4)23(30)10-13-31(26,8)32(19,9)16-21(25)35/h17,20,22-23,26-27,34H,10-16H2,1-9H3/t17-,20+,22+,23+,26-,27-,30+,31+,32+/m1/s1. The second-order valence-electron chi connectivity index (χ2n) is 15.2. The molecule has 0 aromatic carbocycles. The fourth-order valence-electron chi connectivity index (χ4n) is 10.3. The molecular formula is C32H48O6. The summed E-state index contributed by atoms with van der Waals surface area (Å²) < 4.78 is 11.5. The maximum Gasteiger partial charge on any atom is 0.302 e. The van der Waals surface area contributed by atoms with Gasteiger partial charge in [-0.05, 0) is 80.1 Å².